The van der Waals surface area contributed by atoms with Gasteiger partial charge in [0.05, 0.1) is 0 Å². The molecule has 2 aliphatic rings. The van der Waals surface area contributed by atoms with Crippen LogP contribution in [0, 0.1) is 0 Å². The van der Waals surface area contributed by atoms with Gasteiger partial charge in [0.25, 0.3) is 0 Å². The van der Waals surface area contributed by atoms with Gasteiger partial charge in [-0.1, -0.05) is 42.5 Å². The number of piperidine rings is 1. The molecule has 4 rings (SSSR count). The number of hydrogen-bond acceptors (Lipinski definition) is 2. The summed E-state index contributed by atoms with van der Waals surface area (Å²) in [4.78, 5) is 0. The largest absolute Gasteiger partial charge is 0.317 e. The molecule has 0 unspecified atom stereocenters. The Morgan fingerprint density at radius 2 is 1.79 bits per heavy atom. The van der Waals surface area contributed by atoms with E-state index in [1.54, 1.807) is 0 Å². The van der Waals surface area contributed by atoms with E-state index >= 15 is 0 Å². The van der Waals surface area contributed by atoms with Crippen LogP contribution in [0.5, 0.6) is 0 Å². The van der Waals surface area contributed by atoms with Gasteiger partial charge in [0.15, 0.2) is 0 Å². The van der Waals surface area contributed by atoms with Crippen molar-refractivity contribution in [1.82, 2.24) is 10.6 Å². The van der Waals surface area contributed by atoms with E-state index < -0.39 is 6.67 Å². The van der Waals surface area contributed by atoms with Crippen LogP contribution in [0.25, 0.3) is 11.1 Å². The van der Waals surface area contributed by atoms with E-state index in [9.17, 15) is 4.39 Å². The van der Waals surface area contributed by atoms with Crippen molar-refractivity contribution in [1.29, 1.82) is 0 Å². The lowest BCUT2D eigenvalue weighted by Gasteiger charge is -2.24. The third-order valence-corrected chi connectivity index (χ3v) is 5.33. The predicted molar refractivity (Wildman–Crippen MR) is 96.9 cm³/mol. The number of rotatable bonds is 5. The summed E-state index contributed by atoms with van der Waals surface area (Å²) in [7, 11) is 0. The summed E-state index contributed by atoms with van der Waals surface area (Å²) in [6, 6.07) is 17.9. The zero-order valence-corrected chi connectivity index (χ0v) is 14.0. The first kappa shape index (κ1) is 15.8. The van der Waals surface area contributed by atoms with Crippen LogP contribution in [0.2, 0.25) is 0 Å². The molecule has 0 spiro atoms. The van der Waals surface area contributed by atoms with Crippen molar-refractivity contribution >= 4 is 0 Å². The Bertz CT molecular complexity index is 676. The first-order valence-electron chi connectivity index (χ1n) is 9.05. The summed E-state index contributed by atoms with van der Waals surface area (Å²) in [5.41, 5.74) is 4.42. The lowest BCUT2D eigenvalue weighted by atomic mass is 10.0. The van der Waals surface area contributed by atoms with Gasteiger partial charge < -0.3 is 10.6 Å². The molecular formula is C21H25FN2. The quantitative estimate of drug-likeness (QED) is 0.868. The fourth-order valence-corrected chi connectivity index (χ4v) is 3.80. The van der Waals surface area contributed by atoms with E-state index in [2.05, 4.69) is 34.9 Å². The van der Waals surface area contributed by atoms with Gasteiger partial charge in [0.2, 0.25) is 0 Å². The van der Waals surface area contributed by atoms with Gasteiger partial charge in [-0.25, -0.2) is 4.39 Å². The highest BCUT2D eigenvalue weighted by Gasteiger charge is 2.39. The van der Waals surface area contributed by atoms with Gasteiger partial charge in [-0.15, -0.1) is 0 Å². The number of nitrogens with one attached hydrogen (secondary N) is 2. The maximum Gasteiger partial charge on any atom is 0.115 e. The zero-order chi connectivity index (χ0) is 16.4. The zero-order valence-electron chi connectivity index (χ0n) is 14.0. The number of hydrogen-bond donors (Lipinski definition) is 2. The minimum absolute atomic E-state index is 0.405. The molecule has 24 heavy (non-hydrogen) atoms. The second kappa shape index (κ2) is 7.04. The fraction of sp³-hybridized carbons (Fsp3) is 0.429. The van der Waals surface area contributed by atoms with Crippen LogP contribution < -0.4 is 10.6 Å². The van der Waals surface area contributed by atoms with Gasteiger partial charge in [-0.2, -0.15) is 0 Å². The monoisotopic (exact) mass is 324 g/mol. The number of benzene rings is 2. The predicted octanol–water partition coefficient (Wildman–Crippen LogP) is 4.02. The van der Waals surface area contributed by atoms with Crippen LogP contribution in [-0.4, -0.2) is 25.2 Å². The first-order valence-corrected chi connectivity index (χ1v) is 9.05. The highest BCUT2D eigenvalue weighted by atomic mass is 19.1. The molecule has 3 heteroatoms. The fourth-order valence-electron chi connectivity index (χ4n) is 3.80. The highest BCUT2D eigenvalue weighted by molar-refractivity contribution is 5.64. The van der Waals surface area contributed by atoms with Crippen LogP contribution >= 0.6 is 0 Å². The van der Waals surface area contributed by atoms with Crippen molar-refractivity contribution in [2.24, 2.45) is 0 Å². The summed E-state index contributed by atoms with van der Waals surface area (Å²) >= 11 is 0. The average Bonchev–Trinajstić information content (AvgIpc) is 3.42. The van der Waals surface area contributed by atoms with Crippen molar-refractivity contribution in [3.63, 3.8) is 0 Å². The lowest BCUT2D eigenvalue weighted by Crippen LogP contribution is -2.41. The second-order valence-electron chi connectivity index (χ2n) is 7.10. The Morgan fingerprint density at radius 1 is 1.00 bits per heavy atom. The summed E-state index contributed by atoms with van der Waals surface area (Å²) in [6.45, 7) is 1.88. The molecule has 1 heterocycles. The second-order valence-corrected chi connectivity index (χ2v) is 7.10. The van der Waals surface area contributed by atoms with Crippen LogP contribution in [0.4, 0.5) is 4.39 Å². The SMILES string of the molecule is FCc1cccc(-c2ccc([C@H]3C[C@@H]3NC3CCNCC3)cc2)c1. The summed E-state index contributed by atoms with van der Waals surface area (Å²) < 4.78 is 12.8. The molecule has 1 saturated carbocycles. The van der Waals surface area contributed by atoms with Crippen LogP contribution in [0.3, 0.4) is 0 Å². The van der Waals surface area contributed by atoms with E-state index in [1.165, 1.54) is 24.8 Å². The molecule has 0 bridgehead atoms. The first-order chi connectivity index (χ1) is 11.8. The van der Waals surface area contributed by atoms with E-state index in [0.29, 0.717) is 18.0 Å². The molecule has 2 atom stereocenters. The smallest absolute Gasteiger partial charge is 0.115 e. The molecule has 2 aromatic rings. The van der Waals surface area contributed by atoms with Gasteiger partial charge in [0.1, 0.15) is 6.67 Å². The summed E-state index contributed by atoms with van der Waals surface area (Å²) in [5, 5.41) is 7.24. The molecule has 1 aliphatic heterocycles. The molecule has 0 radical (unpaired) electrons. The van der Waals surface area contributed by atoms with Gasteiger partial charge in [-0.3, -0.25) is 0 Å². The average molecular weight is 324 g/mol. The minimum Gasteiger partial charge on any atom is -0.317 e. The molecule has 0 aromatic heterocycles. The van der Waals surface area contributed by atoms with E-state index in [0.717, 1.165) is 29.8 Å². The molecule has 126 valence electrons. The van der Waals surface area contributed by atoms with Crippen LogP contribution in [0.15, 0.2) is 48.5 Å². The Morgan fingerprint density at radius 3 is 2.54 bits per heavy atom. The Hall–Kier alpha value is -1.71. The number of alkyl halides is 1. The van der Waals surface area contributed by atoms with Gasteiger partial charge in [-0.05, 0) is 60.7 Å². The molecule has 1 saturated heterocycles. The maximum atomic E-state index is 12.8. The lowest BCUT2D eigenvalue weighted by molar-refractivity contribution is 0.383. The Labute approximate surface area is 143 Å². The third kappa shape index (κ3) is 3.52. The van der Waals surface area contributed by atoms with Crippen molar-refractivity contribution < 1.29 is 4.39 Å². The minimum atomic E-state index is -0.405. The Kier molecular flexibility index (Phi) is 4.63. The van der Waals surface area contributed by atoms with Crippen molar-refractivity contribution in [3.8, 4) is 11.1 Å². The maximum absolute atomic E-state index is 12.8. The van der Waals surface area contributed by atoms with Gasteiger partial charge >= 0.3 is 0 Å². The topological polar surface area (TPSA) is 24.1 Å². The van der Waals surface area contributed by atoms with E-state index in [4.69, 9.17) is 0 Å². The summed E-state index contributed by atoms with van der Waals surface area (Å²) in [5.74, 6) is 0.658. The van der Waals surface area contributed by atoms with E-state index in [1.807, 2.05) is 24.3 Å². The molecule has 0 amide bonds. The third-order valence-electron chi connectivity index (χ3n) is 5.33. The molecule has 2 aromatic carbocycles. The highest BCUT2D eigenvalue weighted by Crippen LogP contribution is 2.41. The normalized spacial score (nSPS) is 24.0. The standard InChI is InChI=1S/C21H25FN2/c22-14-15-2-1-3-18(12-15)16-4-6-17(7-5-16)20-13-21(20)24-19-8-10-23-11-9-19/h1-7,12,19-21,23-24H,8-11,13-14H2/t20-,21+/m1/s1. The molecule has 2 fully saturated rings. The summed E-state index contributed by atoms with van der Waals surface area (Å²) in [6.07, 6.45) is 3.74. The van der Waals surface area contributed by atoms with Crippen LogP contribution in [-0.2, 0) is 6.67 Å². The van der Waals surface area contributed by atoms with Crippen molar-refractivity contribution in [2.45, 2.75) is 43.9 Å². The van der Waals surface area contributed by atoms with Gasteiger partial charge in [0, 0.05) is 18.0 Å². The molecular weight excluding hydrogens is 299 g/mol. The van der Waals surface area contributed by atoms with Crippen molar-refractivity contribution in [3.05, 3.63) is 59.7 Å². The molecule has 2 nitrogen and oxygen atoms in total. The van der Waals surface area contributed by atoms with Crippen molar-refractivity contribution in [2.75, 3.05) is 13.1 Å². The number of halogens is 1. The van der Waals surface area contributed by atoms with E-state index in [-0.39, 0.29) is 0 Å². The molecule has 1 aliphatic carbocycles. The Balaban J connectivity index is 1.39. The molecule has 2 N–H and O–H groups in total. The van der Waals surface area contributed by atoms with Crippen LogP contribution in [0.1, 0.15) is 36.3 Å².